The van der Waals surface area contributed by atoms with E-state index in [1.54, 1.807) is 0 Å². The van der Waals surface area contributed by atoms with Crippen LogP contribution in [0.4, 0.5) is 14.5 Å². The van der Waals surface area contributed by atoms with Crippen molar-refractivity contribution < 1.29 is 23.2 Å². The SMILES string of the molecule is O=C(NCCOCCBr)c1cc(F)c(F)cc1[N+](=O)[O-]. The van der Waals surface area contributed by atoms with Gasteiger partial charge >= 0.3 is 0 Å². The molecule has 0 atom stereocenters. The lowest BCUT2D eigenvalue weighted by molar-refractivity contribution is -0.385. The Kier molecular flexibility index (Phi) is 6.46. The number of hydrogen-bond donors (Lipinski definition) is 1. The highest BCUT2D eigenvalue weighted by Gasteiger charge is 2.23. The largest absolute Gasteiger partial charge is 0.379 e. The van der Waals surface area contributed by atoms with Gasteiger partial charge in [0, 0.05) is 11.9 Å². The lowest BCUT2D eigenvalue weighted by atomic mass is 10.1. The van der Waals surface area contributed by atoms with E-state index in [1.165, 1.54) is 0 Å². The molecule has 9 heteroatoms. The predicted octanol–water partition coefficient (Wildman–Crippen LogP) is 2.01. The standard InChI is InChI=1S/C11H11BrF2N2O4/c12-1-3-20-4-2-15-11(17)7-5-8(13)9(14)6-10(7)16(18)19/h5-6H,1-4H2,(H,15,17). The number of benzene rings is 1. The highest BCUT2D eigenvalue weighted by molar-refractivity contribution is 9.09. The molecule has 20 heavy (non-hydrogen) atoms. The molecule has 0 aromatic heterocycles. The molecule has 1 rings (SSSR count). The summed E-state index contributed by atoms with van der Waals surface area (Å²) >= 11 is 3.14. The van der Waals surface area contributed by atoms with E-state index in [0.29, 0.717) is 24.1 Å². The Hall–Kier alpha value is -1.61. The lowest BCUT2D eigenvalue weighted by Crippen LogP contribution is -2.28. The molecule has 0 saturated carbocycles. The van der Waals surface area contributed by atoms with Crippen molar-refractivity contribution >= 4 is 27.5 Å². The summed E-state index contributed by atoms with van der Waals surface area (Å²) in [6, 6.07) is 0.883. The van der Waals surface area contributed by atoms with Crippen LogP contribution in [0.2, 0.25) is 0 Å². The van der Waals surface area contributed by atoms with Crippen molar-refractivity contribution in [2.75, 3.05) is 25.1 Å². The van der Waals surface area contributed by atoms with Gasteiger partial charge in [-0.1, -0.05) is 15.9 Å². The molecular formula is C11H11BrF2N2O4. The topological polar surface area (TPSA) is 81.5 Å². The molecule has 0 heterocycles. The summed E-state index contributed by atoms with van der Waals surface area (Å²) in [7, 11) is 0. The minimum absolute atomic E-state index is 0.0992. The summed E-state index contributed by atoms with van der Waals surface area (Å²) in [6.07, 6.45) is 0. The first-order valence-electron chi connectivity index (χ1n) is 5.52. The smallest absolute Gasteiger partial charge is 0.285 e. The fourth-order valence-corrected chi connectivity index (χ4v) is 1.59. The van der Waals surface area contributed by atoms with Gasteiger partial charge in [0.15, 0.2) is 11.6 Å². The van der Waals surface area contributed by atoms with E-state index in [4.69, 9.17) is 4.74 Å². The number of nitro benzene ring substituents is 1. The summed E-state index contributed by atoms with van der Waals surface area (Å²) in [6.45, 7) is 0.748. The zero-order valence-electron chi connectivity index (χ0n) is 10.2. The number of nitrogens with zero attached hydrogens (tertiary/aromatic N) is 1. The lowest BCUT2D eigenvalue weighted by Gasteiger charge is -2.06. The van der Waals surface area contributed by atoms with Crippen LogP contribution in [-0.4, -0.2) is 35.9 Å². The van der Waals surface area contributed by atoms with Gasteiger partial charge < -0.3 is 10.1 Å². The first-order chi connectivity index (χ1) is 9.47. The number of rotatable bonds is 7. The number of halogens is 3. The van der Waals surface area contributed by atoms with E-state index in [-0.39, 0.29) is 13.2 Å². The second-order valence-electron chi connectivity index (χ2n) is 3.60. The average Bonchev–Trinajstić information content (AvgIpc) is 2.40. The van der Waals surface area contributed by atoms with Crippen LogP contribution in [0.25, 0.3) is 0 Å². The molecular weight excluding hydrogens is 342 g/mol. The Morgan fingerprint density at radius 2 is 2.00 bits per heavy atom. The summed E-state index contributed by atoms with van der Waals surface area (Å²) in [4.78, 5) is 21.5. The van der Waals surface area contributed by atoms with Gasteiger partial charge in [-0.05, 0) is 6.07 Å². The third kappa shape index (κ3) is 4.49. The maximum Gasteiger partial charge on any atom is 0.285 e. The van der Waals surface area contributed by atoms with Crippen molar-refractivity contribution in [3.05, 3.63) is 39.4 Å². The molecule has 0 aliphatic heterocycles. The molecule has 1 aromatic carbocycles. The van der Waals surface area contributed by atoms with Crippen LogP contribution in [0.15, 0.2) is 12.1 Å². The number of carbonyl (C=O) groups excluding carboxylic acids is 1. The van der Waals surface area contributed by atoms with Crippen LogP contribution in [-0.2, 0) is 4.74 Å². The van der Waals surface area contributed by atoms with E-state index in [0.717, 1.165) is 0 Å². The minimum Gasteiger partial charge on any atom is -0.379 e. The number of ether oxygens (including phenoxy) is 1. The van der Waals surface area contributed by atoms with Crippen LogP contribution in [0.3, 0.4) is 0 Å². The first kappa shape index (κ1) is 16.4. The molecule has 0 saturated heterocycles. The fourth-order valence-electron chi connectivity index (χ4n) is 1.36. The highest BCUT2D eigenvalue weighted by atomic mass is 79.9. The van der Waals surface area contributed by atoms with Gasteiger partial charge in [0.05, 0.1) is 24.2 Å². The summed E-state index contributed by atoms with van der Waals surface area (Å²) < 4.78 is 31.1. The Labute approximate surface area is 121 Å². The second-order valence-corrected chi connectivity index (χ2v) is 4.39. The average molecular weight is 353 g/mol. The summed E-state index contributed by atoms with van der Waals surface area (Å²) in [5.74, 6) is -3.57. The quantitative estimate of drug-likeness (QED) is 0.352. The molecule has 0 unspecified atom stereocenters. The van der Waals surface area contributed by atoms with Crippen LogP contribution >= 0.6 is 15.9 Å². The van der Waals surface area contributed by atoms with Crippen LogP contribution < -0.4 is 5.32 Å². The Morgan fingerprint density at radius 3 is 2.60 bits per heavy atom. The predicted molar refractivity (Wildman–Crippen MR) is 70.0 cm³/mol. The Morgan fingerprint density at radius 1 is 1.35 bits per heavy atom. The van der Waals surface area contributed by atoms with Gasteiger partial charge in [0.25, 0.3) is 11.6 Å². The summed E-state index contributed by atoms with van der Waals surface area (Å²) in [5, 5.41) is 13.7. The van der Waals surface area contributed by atoms with Crippen molar-refractivity contribution in [2.45, 2.75) is 0 Å². The molecule has 1 aromatic rings. The molecule has 6 nitrogen and oxygen atoms in total. The van der Waals surface area contributed by atoms with Gasteiger partial charge in [0.1, 0.15) is 5.56 Å². The molecule has 1 N–H and O–H groups in total. The number of amides is 1. The first-order valence-corrected chi connectivity index (χ1v) is 6.65. The number of alkyl halides is 1. The minimum atomic E-state index is -1.38. The number of nitrogens with one attached hydrogen (secondary N) is 1. The van der Waals surface area contributed by atoms with Crippen molar-refractivity contribution in [2.24, 2.45) is 0 Å². The van der Waals surface area contributed by atoms with Gasteiger partial charge in [-0.2, -0.15) is 0 Å². The molecule has 0 bridgehead atoms. The summed E-state index contributed by atoms with van der Waals surface area (Å²) in [5.41, 5.74) is -1.32. The molecule has 0 aliphatic rings. The molecule has 110 valence electrons. The van der Waals surface area contributed by atoms with E-state index in [1.807, 2.05) is 0 Å². The number of hydrogen-bond acceptors (Lipinski definition) is 4. The van der Waals surface area contributed by atoms with Crippen molar-refractivity contribution in [3.63, 3.8) is 0 Å². The molecule has 0 radical (unpaired) electrons. The van der Waals surface area contributed by atoms with Crippen molar-refractivity contribution in [1.82, 2.24) is 5.32 Å². The highest BCUT2D eigenvalue weighted by Crippen LogP contribution is 2.22. The number of nitro groups is 1. The molecule has 0 aliphatic carbocycles. The zero-order chi connectivity index (χ0) is 15.1. The van der Waals surface area contributed by atoms with Crippen LogP contribution in [0.1, 0.15) is 10.4 Å². The van der Waals surface area contributed by atoms with Crippen LogP contribution in [0, 0.1) is 21.7 Å². The molecule has 0 spiro atoms. The van der Waals surface area contributed by atoms with Gasteiger partial charge in [-0.25, -0.2) is 8.78 Å². The zero-order valence-corrected chi connectivity index (χ0v) is 11.8. The number of carbonyl (C=O) groups is 1. The van der Waals surface area contributed by atoms with Crippen LogP contribution in [0.5, 0.6) is 0 Å². The molecule has 0 fully saturated rings. The second kappa shape index (κ2) is 7.85. The third-order valence-electron chi connectivity index (χ3n) is 2.23. The maximum atomic E-state index is 13.1. The monoisotopic (exact) mass is 352 g/mol. The fraction of sp³-hybridized carbons (Fsp3) is 0.364. The van der Waals surface area contributed by atoms with Crippen molar-refractivity contribution in [3.8, 4) is 0 Å². The van der Waals surface area contributed by atoms with Gasteiger partial charge in [-0.15, -0.1) is 0 Å². The van der Waals surface area contributed by atoms with E-state index in [2.05, 4.69) is 21.2 Å². The molecule has 1 amide bonds. The van der Waals surface area contributed by atoms with Gasteiger partial charge in [-0.3, -0.25) is 14.9 Å². The van der Waals surface area contributed by atoms with Gasteiger partial charge in [0.2, 0.25) is 0 Å². The van der Waals surface area contributed by atoms with E-state index in [9.17, 15) is 23.7 Å². The third-order valence-corrected chi connectivity index (χ3v) is 2.56. The Balaban J connectivity index is 2.76. The van der Waals surface area contributed by atoms with Crippen molar-refractivity contribution in [1.29, 1.82) is 0 Å². The maximum absolute atomic E-state index is 13.1. The Bertz CT molecular complexity index is 513. The van der Waals surface area contributed by atoms with E-state index >= 15 is 0 Å². The normalized spacial score (nSPS) is 10.3. The van der Waals surface area contributed by atoms with E-state index < -0.39 is 33.7 Å².